The number of unbranched alkanes of at least 4 members (excludes halogenated alkanes) is 2. The normalized spacial score (nSPS) is 21.7. The Balaban J connectivity index is 2.11. The van der Waals surface area contributed by atoms with Gasteiger partial charge in [-0.3, -0.25) is 0 Å². The van der Waals surface area contributed by atoms with E-state index >= 15 is 0 Å². The van der Waals surface area contributed by atoms with Gasteiger partial charge in [-0.1, -0.05) is 30.9 Å². The molecule has 100 valence electrons. The summed E-state index contributed by atoms with van der Waals surface area (Å²) < 4.78 is 0. The van der Waals surface area contributed by atoms with E-state index in [1.165, 1.54) is 12.8 Å². The molecule has 0 atom stereocenters. The summed E-state index contributed by atoms with van der Waals surface area (Å²) in [6, 6.07) is 0. The van der Waals surface area contributed by atoms with Crippen LogP contribution in [0.15, 0.2) is 17.6 Å². The maximum atomic E-state index is 12.4. The Morgan fingerprint density at radius 2 is 2.17 bits per heavy atom. The standard InChI is InChI=1S/C14H24N3O/c1-3-5-6-9-13-15-14(10-7-8-11-14)17(18)16(13)12-4-2/h4H,2-3,5-12H2,1H3/q+1. The Morgan fingerprint density at radius 1 is 1.44 bits per heavy atom. The van der Waals surface area contributed by atoms with E-state index in [1.54, 1.807) is 11.1 Å². The lowest BCUT2D eigenvalue weighted by Gasteiger charge is -2.12. The van der Waals surface area contributed by atoms with Gasteiger partial charge in [-0.2, -0.15) is 4.99 Å². The molecule has 0 aromatic carbocycles. The van der Waals surface area contributed by atoms with Gasteiger partial charge in [-0.25, -0.2) is 0 Å². The van der Waals surface area contributed by atoms with Gasteiger partial charge in [0.2, 0.25) is 0 Å². The smallest absolute Gasteiger partial charge is 0.189 e. The Bertz CT molecular complexity index is 356. The lowest BCUT2D eigenvalue weighted by molar-refractivity contribution is -0.732. The molecule has 0 amide bonds. The zero-order valence-corrected chi connectivity index (χ0v) is 11.4. The van der Waals surface area contributed by atoms with Crippen LogP contribution in [0.25, 0.3) is 0 Å². The van der Waals surface area contributed by atoms with E-state index in [9.17, 15) is 4.91 Å². The first-order valence-corrected chi connectivity index (χ1v) is 7.18. The molecule has 0 bridgehead atoms. The highest BCUT2D eigenvalue weighted by Gasteiger charge is 2.57. The van der Waals surface area contributed by atoms with E-state index in [1.807, 2.05) is 0 Å². The molecule has 0 N–H and O–H groups in total. The van der Waals surface area contributed by atoms with Crippen LogP contribution in [0.5, 0.6) is 0 Å². The van der Waals surface area contributed by atoms with Crippen LogP contribution in [0.1, 0.15) is 58.3 Å². The molecule has 0 unspecified atom stereocenters. The number of aliphatic imine (C=N–C) groups is 1. The van der Waals surface area contributed by atoms with Crippen molar-refractivity contribution in [1.82, 2.24) is 5.01 Å². The lowest BCUT2D eigenvalue weighted by Crippen LogP contribution is -2.42. The van der Waals surface area contributed by atoms with E-state index in [0.717, 1.165) is 49.2 Å². The minimum atomic E-state index is -0.468. The Morgan fingerprint density at radius 3 is 2.78 bits per heavy atom. The van der Waals surface area contributed by atoms with E-state index in [0.29, 0.717) is 6.54 Å². The topological polar surface area (TPSA) is 35.7 Å². The second kappa shape index (κ2) is 5.63. The number of nitroso groups, excluding NO2 is 1. The Labute approximate surface area is 109 Å². The summed E-state index contributed by atoms with van der Waals surface area (Å²) in [7, 11) is 0. The first kappa shape index (κ1) is 13.2. The minimum Gasteiger partial charge on any atom is -0.189 e. The van der Waals surface area contributed by atoms with Crippen LogP contribution in [-0.4, -0.2) is 27.9 Å². The van der Waals surface area contributed by atoms with Gasteiger partial charge in [0.15, 0.2) is 10.7 Å². The van der Waals surface area contributed by atoms with E-state index in [4.69, 9.17) is 4.99 Å². The van der Waals surface area contributed by atoms with Crippen molar-refractivity contribution in [1.29, 1.82) is 0 Å². The SMILES string of the molecule is C=CCN1C(CCCCC)=NC2(CCCC2)[N+]1=O. The third kappa shape index (κ3) is 2.33. The van der Waals surface area contributed by atoms with Crippen LogP contribution < -0.4 is 0 Å². The van der Waals surface area contributed by atoms with Crippen LogP contribution in [0, 0.1) is 4.91 Å². The fraction of sp³-hybridized carbons (Fsp3) is 0.786. The van der Waals surface area contributed by atoms with E-state index in [2.05, 4.69) is 13.5 Å². The highest BCUT2D eigenvalue weighted by molar-refractivity contribution is 5.82. The van der Waals surface area contributed by atoms with Crippen molar-refractivity contribution >= 4 is 5.84 Å². The second-order valence-corrected chi connectivity index (χ2v) is 5.32. The predicted octanol–water partition coefficient (Wildman–Crippen LogP) is 3.43. The molecule has 1 saturated carbocycles. The maximum absolute atomic E-state index is 12.4. The maximum Gasteiger partial charge on any atom is 0.336 e. The molecule has 1 heterocycles. The number of hydrazine groups is 1. The first-order chi connectivity index (χ1) is 8.73. The fourth-order valence-corrected chi connectivity index (χ4v) is 2.93. The molecule has 4 nitrogen and oxygen atoms in total. The zero-order chi connectivity index (χ0) is 13.0. The molecule has 1 aliphatic heterocycles. The molecule has 0 aromatic rings. The van der Waals surface area contributed by atoms with Crippen molar-refractivity contribution in [2.45, 2.75) is 64.0 Å². The minimum absolute atomic E-state index is 0.468. The molecule has 0 aromatic heterocycles. The summed E-state index contributed by atoms with van der Waals surface area (Å²) in [5.41, 5.74) is -0.468. The van der Waals surface area contributed by atoms with Crippen molar-refractivity contribution in [3.8, 4) is 0 Å². The Kier molecular flexibility index (Phi) is 4.15. The van der Waals surface area contributed by atoms with Crippen molar-refractivity contribution in [3.05, 3.63) is 17.6 Å². The summed E-state index contributed by atoms with van der Waals surface area (Å²) >= 11 is 0. The van der Waals surface area contributed by atoms with Crippen molar-refractivity contribution in [3.63, 3.8) is 0 Å². The average Bonchev–Trinajstić information content (AvgIpc) is 2.92. The highest BCUT2D eigenvalue weighted by Crippen LogP contribution is 2.39. The fourth-order valence-electron chi connectivity index (χ4n) is 2.93. The molecule has 1 aliphatic carbocycles. The van der Waals surface area contributed by atoms with Crippen molar-refractivity contribution < 1.29 is 4.87 Å². The lowest BCUT2D eigenvalue weighted by atomic mass is 10.1. The molecule has 4 heteroatoms. The van der Waals surface area contributed by atoms with Crippen LogP contribution in [0.3, 0.4) is 0 Å². The molecule has 18 heavy (non-hydrogen) atoms. The quantitative estimate of drug-likeness (QED) is 0.411. The summed E-state index contributed by atoms with van der Waals surface area (Å²) in [6.07, 6.45) is 10.3. The summed E-state index contributed by atoms with van der Waals surface area (Å²) in [6.45, 7) is 6.51. The van der Waals surface area contributed by atoms with Crippen LogP contribution in [0.2, 0.25) is 0 Å². The van der Waals surface area contributed by atoms with Gasteiger partial charge in [0.05, 0.1) is 4.91 Å². The average molecular weight is 250 g/mol. The molecular weight excluding hydrogens is 226 g/mol. The second-order valence-electron chi connectivity index (χ2n) is 5.32. The Hall–Kier alpha value is -1.19. The number of hydrogen-bond acceptors (Lipinski definition) is 2. The summed E-state index contributed by atoms with van der Waals surface area (Å²) in [5, 5.41) is 1.79. The van der Waals surface area contributed by atoms with Crippen LogP contribution >= 0.6 is 0 Å². The van der Waals surface area contributed by atoms with Gasteiger partial charge >= 0.3 is 5.66 Å². The van der Waals surface area contributed by atoms with E-state index in [-0.39, 0.29) is 0 Å². The van der Waals surface area contributed by atoms with Gasteiger partial charge in [-0.05, 0) is 19.3 Å². The largest absolute Gasteiger partial charge is 0.336 e. The molecule has 2 aliphatic rings. The first-order valence-electron chi connectivity index (χ1n) is 7.18. The molecule has 0 radical (unpaired) electrons. The van der Waals surface area contributed by atoms with Crippen LogP contribution in [-0.2, 0) is 0 Å². The molecule has 1 spiro atoms. The molecule has 1 fully saturated rings. The third-order valence-corrected chi connectivity index (χ3v) is 3.92. The highest BCUT2D eigenvalue weighted by atomic mass is 16.3. The number of amidine groups is 1. The van der Waals surface area contributed by atoms with Gasteiger partial charge < -0.3 is 0 Å². The van der Waals surface area contributed by atoms with Gasteiger partial charge in [0.25, 0.3) is 0 Å². The molecule has 0 saturated heterocycles. The number of rotatable bonds is 6. The molecular formula is C14H24N3O+. The van der Waals surface area contributed by atoms with Gasteiger partial charge in [-0.15, -0.1) is 6.58 Å². The van der Waals surface area contributed by atoms with Gasteiger partial charge in [0.1, 0.15) is 6.54 Å². The van der Waals surface area contributed by atoms with E-state index < -0.39 is 5.66 Å². The predicted molar refractivity (Wildman–Crippen MR) is 73.3 cm³/mol. The van der Waals surface area contributed by atoms with Gasteiger partial charge in [0, 0.05) is 19.3 Å². The summed E-state index contributed by atoms with van der Waals surface area (Å²) in [5.74, 6) is 0.972. The summed E-state index contributed by atoms with van der Waals surface area (Å²) in [4.78, 5) is 18.4. The zero-order valence-electron chi connectivity index (χ0n) is 11.4. The molecule has 2 rings (SSSR count). The van der Waals surface area contributed by atoms with Crippen molar-refractivity contribution in [2.75, 3.05) is 6.54 Å². The van der Waals surface area contributed by atoms with Crippen molar-refractivity contribution in [2.24, 2.45) is 4.99 Å². The van der Waals surface area contributed by atoms with Crippen LogP contribution in [0.4, 0.5) is 0 Å². The monoisotopic (exact) mass is 250 g/mol. The number of hydrogen-bond donors (Lipinski definition) is 0. The number of nitrogens with zero attached hydrogens (tertiary/aromatic N) is 3. The third-order valence-electron chi connectivity index (χ3n) is 3.92.